The number of non-ortho nitro benzene ring substituents is 1. The molecule has 0 bridgehead atoms. The lowest BCUT2D eigenvalue weighted by Crippen LogP contribution is -2.28. The van der Waals surface area contributed by atoms with Gasteiger partial charge in [-0.3, -0.25) is 14.9 Å². The highest BCUT2D eigenvalue weighted by atomic mass is 79.9. The lowest BCUT2D eigenvalue weighted by molar-refractivity contribution is -0.384. The van der Waals surface area contributed by atoms with Crippen LogP contribution in [0.5, 0.6) is 0 Å². The molecule has 28 heavy (non-hydrogen) atoms. The Balaban J connectivity index is 1.75. The van der Waals surface area contributed by atoms with Crippen molar-refractivity contribution in [3.8, 4) is 0 Å². The van der Waals surface area contributed by atoms with E-state index in [2.05, 4.69) is 21.2 Å². The van der Waals surface area contributed by atoms with Crippen LogP contribution in [0.4, 0.5) is 5.69 Å². The Hall–Kier alpha value is -2.30. The lowest BCUT2D eigenvalue weighted by Gasteiger charge is -2.16. The van der Waals surface area contributed by atoms with Gasteiger partial charge in [-0.1, -0.05) is 12.1 Å². The van der Waals surface area contributed by atoms with E-state index in [4.69, 9.17) is 0 Å². The fraction of sp³-hybridized carbons (Fsp3) is 0.278. The van der Waals surface area contributed by atoms with Crippen LogP contribution in [0, 0.1) is 10.1 Å². The Labute approximate surface area is 170 Å². The Morgan fingerprint density at radius 2 is 1.79 bits per heavy atom. The van der Waals surface area contributed by atoms with Gasteiger partial charge in [-0.15, -0.1) is 0 Å². The van der Waals surface area contributed by atoms with E-state index in [1.54, 1.807) is 18.2 Å². The van der Waals surface area contributed by atoms with Crippen LogP contribution >= 0.6 is 15.9 Å². The van der Waals surface area contributed by atoms with Gasteiger partial charge in [0.05, 0.1) is 15.4 Å². The second-order valence-corrected chi connectivity index (χ2v) is 9.15. The third-order valence-corrected chi connectivity index (χ3v) is 7.07. The van der Waals surface area contributed by atoms with Crippen LogP contribution in [-0.4, -0.2) is 36.6 Å². The van der Waals surface area contributed by atoms with Crippen LogP contribution < -0.4 is 5.32 Å². The van der Waals surface area contributed by atoms with Gasteiger partial charge in [0, 0.05) is 36.2 Å². The first-order chi connectivity index (χ1) is 13.3. The molecule has 1 fully saturated rings. The van der Waals surface area contributed by atoms with E-state index in [1.165, 1.54) is 28.6 Å². The maximum Gasteiger partial charge on any atom is 0.269 e. The number of nitro groups is 1. The summed E-state index contributed by atoms with van der Waals surface area (Å²) in [7, 11) is -3.62. The van der Waals surface area contributed by atoms with Crippen molar-refractivity contribution in [1.29, 1.82) is 0 Å². The van der Waals surface area contributed by atoms with Gasteiger partial charge < -0.3 is 5.32 Å². The molecule has 1 saturated heterocycles. The zero-order valence-corrected chi connectivity index (χ0v) is 17.2. The van der Waals surface area contributed by atoms with Crippen molar-refractivity contribution < 1.29 is 18.1 Å². The van der Waals surface area contributed by atoms with Gasteiger partial charge >= 0.3 is 0 Å². The van der Waals surface area contributed by atoms with Gasteiger partial charge in [-0.25, -0.2) is 8.42 Å². The largest absolute Gasteiger partial charge is 0.348 e. The summed E-state index contributed by atoms with van der Waals surface area (Å²) < 4.78 is 27.3. The van der Waals surface area contributed by atoms with Gasteiger partial charge in [-0.05, 0) is 52.5 Å². The topological polar surface area (TPSA) is 110 Å². The van der Waals surface area contributed by atoms with Crippen LogP contribution in [0.1, 0.15) is 28.8 Å². The number of sulfonamides is 1. The van der Waals surface area contributed by atoms with E-state index in [0.717, 1.165) is 12.8 Å². The van der Waals surface area contributed by atoms with E-state index in [0.29, 0.717) is 23.1 Å². The summed E-state index contributed by atoms with van der Waals surface area (Å²) in [6.07, 6.45) is 1.66. The van der Waals surface area contributed by atoms with Crippen LogP contribution in [0.15, 0.2) is 51.8 Å². The normalized spacial score (nSPS) is 14.8. The first-order valence-electron chi connectivity index (χ1n) is 8.60. The highest BCUT2D eigenvalue weighted by Crippen LogP contribution is 2.25. The average Bonchev–Trinajstić information content (AvgIpc) is 3.22. The summed E-state index contributed by atoms with van der Waals surface area (Å²) in [4.78, 5) is 22.8. The lowest BCUT2D eigenvalue weighted by atomic mass is 10.2. The molecule has 0 atom stereocenters. The SMILES string of the molecule is O=C(NCc1ccc([N+](=O)[O-])cc1)c1cc(S(=O)(=O)N2CCCC2)ccc1Br. The summed E-state index contributed by atoms with van der Waals surface area (Å²) >= 11 is 3.29. The second-order valence-electron chi connectivity index (χ2n) is 6.36. The number of rotatable bonds is 6. The molecule has 1 heterocycles. The molecular formula is C18H18BrN3O5S. The number of hydrogen-bond acceptors (Lipinski definition) is 5. The van der Waals surface area contributed by atoms with Crippen molar-refractivity contribution in [2.24, 2.45) is 0 Å². The number of benzene rings is 2. The molecule has 10 heteroatoms. The Bertz CT molecular complexity index is 1000. The third-order valence-electron chi connectivity index (χ3n) is 4.49. The molecule has 148 valence electrons. The maximum absolute atomic E-state index is 12.7. The third kappa shape index (κ3) is 4.40. The summed E-state index contributed by atoms with van der Waals surface area (Å²) in [5.41, 5.74) is 0.871. The van der Waals surface area contributed by atoms with E-state index in [9.17, 15) is 23.3 Å². The summed E-state index contributed by atoms with van der Waals surface area (Å²) in [5.74, 6) is -0.441. The van der Waals surface area contributed by atoms with E-state index in [1.807, 2.05) is 0 Å². The Morgan fingerprint density at radius 3 is 2.39 bits per heavy atom. The Kier molecular flexibility index (Phi) is 6.11. The molecule has 0 saturated carbocycles. The highest BCUT2D eigenvalue weighted by molar-refractivity contribution is 9.10. The van der Waals surface area contributed by atoms with Gasteiger partial charge in [-0.2, -0.15) is 4.31 Å². The smallest absolute Gasteiger partial charge is 0.269 e. The van der Waals surface area contributed by atoms with Gasteiger partial charge in [0.2, 0.25) is 10.0 Å². The van der Waals surface area contributed by atoms with Crippen molar-refractivity contribution in [1.82, 2.24) is 9.62 Å². The fourth-order valence-electron chi connectivity index (χ4n) is 2.93. The fourth-order valence-corrected chi connectivity index (χ4v) is 4.90. The minimum Gasteiger partial charge on any atom is -0.348 e. The van der Waals surface area contributed by atoms with Crippen molar-refractivity contribution in [3.63, 3.8) is 0 Å². The summed E-state index contributed by atoms with van der Waals surface area (Å²) in [6, 6.07) is 10.2. The molecule has 1 N–H and O–H groups in total. The molecule has 0 spiro atoms. The highest BCUT2D eigenvalue weighted by Gasteiger charge is 2.28. The average molecular weight is 468 g/mol. The van der Waals surface area contributed by atoms with Crippen molar-refractivity contribution in [3.05, 3.63) is 68.2 Å². The molecule has 0 aliphatic carbocycles. The number of hydrogen-bond donors (Lipinski definition) is 1. The van der Waals surface area contributed by atoms with E-state index >= 15 is 0 Å². The van der Waals surface area contributed by atoms with Crippen molar-refractivity contribution in [2.75, 3.05) is 13.1 Å². The molecule has 8 nitrogen and oxygen atoms in total. The maximum atomic E-state index is 12.7. The molecular weight excluding hydrogens is 450 g/mol. The van der Waals surface area contributed by atoms with Crippen molar-refractivity contribution in [2.45, 2.75) is 24.3 Å². The van der Waals surface area contributed by atoms with Crippen LogP contribution in [0.3, 0.4) is 0 Å². The number of halogens is 1. The molecule has 0 aromatic heterocycles. The first kappa shape index (κ1) is 20.4. The molecule has 2 aromatic carbocycles. The van der Waals surface area contributed by atoms with E-state index < -0.39 is 20.9 Å². The van der Waals surface area contributed by atoms with Crippen LogP contribution in [0.2, 0.25) is 0 Å². The molecule has 1 aliphatic heterocycles. The Morgan fingerprint density at radius 1 is 1.14 bits per heavy atom. The van der Waals surface area contributed by atoms with Gasteiger partial charge in [0.25, 0.3) is 11.6 Å². The summed E-state index contributed by atoms with van der Waals surface area (Å²) in [5, 5.41) is 13.4. The van der Waals surface area contributed by atoms with E-state index in [-0.39, 0.29) is 22.7 Å². The quantitative estimate of drug-likeness (QED) is 0.518. The summed E-state index contributed by atoms with van der Waals surface area (Å²) in [6.45, 7) is 1.13. The molecule has 2 aromatic rings. The minimum atomic E-state index is -3.62. The number of carbonyl (C=O) groups is 1. The first-order valence-corrected chi connectivity index (χ1v) is 10.8. The second kappa shape index (κ2) is 8.38. The predicted octanol–water partition coefficient (Wildman–Crippen LogP) is 3.07. The zero-order valence-electron chi connectivity index (χ0n) is 14.8. The van der Waals surface area contributed by atoms with Crippen LogP contribution in [0.25, 0.3) is 0 Å². The van der Waals surface area contributed by atoms with Gasteiger partial charge in [0.15, 0.2) is 0 Å². The number of amides is 1. The zero-order chi connectivity index (χ0) is 20.3. The molecule has 3 rings (SSSR count). The molecule has 0 radical (unpaired) electrons. The molecule has 0 unspecified atom stereocenters. The number of nitrogens with zero attached hydrogens (tertiary/aromatic N) is 2. The number of nitrogens with one attached hydrogen (secondary N) is 1. The standard InChI is InChI=1S/C18H18BrN3O5S/c19-17-8-7-15(28(26,27)21-9-1-2-10-21)11-16(17)18(23)20-12-13-3-5-14(6-4-13)22(24)25/h3-8,11H,1-2,9-10,12H2,(H,20,23). The minimum absolute atomic E-state index is 0.0300. The predicted molar refractivity (Wildman–Crippen MR) is 106 cm³/mol. The molecule has 1 aliphatic rings. The number of carbonyl (C=O) groups excluding carboxylic acids is 1. The molecule has 1 amide bonds. The van der Waals surface area contributed by atoms with Gasteiger partial charge in [0.1, 0.15) is 0 Å². The number of nitro benzene ring substituents is 1. The monoisotopic (exact) mass is 467 g/mol. The van der Waals surface area contributed by atoms with Crippen molar-refractivity contribution >= 4 is 37.5 Å². The van der Waals surface area contributed by atoms with Crippen LogP contribution in [-0.2, 0) is 16.6 Å².